The van der Waals surface area contributed by atoms with Gasteiger partial charge in [-0.05, 0) is 18.8 Å². The van der Waals surface area contributed by atoms with Gasteiger partial charge in [0.05, 0.1) is 11.6 Å². The Morgan fingerprint density at radius 2 is 2.31 bits per heavy atom. The predicted molar refractivity (Wildman–Crippen MR) is 60.7 cm³/mol. The average molecular weight is 219 g/mol. The lowest BCUT2D eigenvalue weighted by atomic mass is 10.3. The minimum absolute atomic E-state index is 0.384. The van der Waals surface area contributed by atoms with Gasteiger partial charge in [-0.25, -0.2) is 5.84 Å². The summed E-state index contributed by atoms with van der Waals surface area (Å²) in [5.41, 5.74) is 3.12. The first-order valence-corrected chi connectivity index (χ1v) is 5.28. The van der Waals surface area contributed by atoms with Gasteiger partial charge in [0.25, 0.3) is 0 Å². The summed E-state index contributed by atoms with van der Waals surface area (Å²) in [6.45, 7) is 0.946. The summed E-state index contributed by atoms with van der Waals surface area (Å²) in [5, 5.41) is 10.9. The van der Waals surface area contributed by atoms with Gasteiger partial charge in [0.1, 0.15) is 5.82 Å². The van der Waals surface area contributed by atoms with E-state index in [-0.39, 0.29) is 0 Å². The lowest BCUT2D eigenvalue weighted by Crippen LogP contribution is -2.13. The molecule has 2 heterocycles. The molecule has 1 saturated carbocycles. The van der Waals surface area contributed by atoms with Crippen molar-refractivity contribution in [3.05, 3.63) is 6.20 Å². The molecular weight excluding hydrogens is 206 g/mol. The van der Waals surface area contributed by atoms with Gasteiger partial charge in [-0.2, -0.15) is 15.1 Å². The Morgan fingerprint density at radius 3 is 3.06 bits per heavy atom. The molecule has 0 amide bonds. The Balaban J connectivity index is 1.94. The van der Waals surface area contributed by atoms with Crippen LogP contribution in [0.15, 0.2) is 6.20 Å². The van der Waals surface area contributed by atoms with Crippen molar-refractivity contribution in [1.29, 1.82) is 0 Å². The summed E-state index contributed by atoms with van der Waals surface area (Å²) >= 11 is 0. The molecule has 0 unspecified atom stereocenters. The summed E-state index contributed by atoms with van der Waals surface area (Å²) in [6.07, 6.45) is 4.31. The quantitative estimate of drug-likeness (QED) is 0.440. The van der Waals surface area contributed by atoms with Gasteiger partial charge < -0.3 is 5.32 Å². The third-order valence-electron chi connectivity index (χ3n) is 2.69. The first-order chi connectivity index (χ1) is 7.86. The molecule has 84 valence electrons. The van der Waals surface area contributed by atoms with Gasteiger partial charge in [0.15, 0.2) is 5.65 Å². The van der Waals surface area contributed by atoms with Gasteiger partial charge in [-0.1, -0.05) is 0 Å². The highest BCUT2D eigenvalue weighted by Gasteiger charge is 2.21. The van der Waals surface area contributed by atoms with E-state index in [4.69, 9.17) is 5.84 Å². The molecule has 0 aromatic carbocycles. The number of aromatic amines is 1. The minimum Gasteiger partial charge on any atom is -0.369 e. The number of nitrogen functional groups attached to an aromatic ring is 1. The summed E-state index contributed by atoms with van der Waals surface area (Å²) in [6, 6.07) is 0. The molecule has 7 nitrogen and oxygen atoms in total. The van der Waals surface area contributed by atoms with Crippen LogP contribution in [-0.2, 0) is 0 Å². The number of anilines is 2. The second-order valence-electron chi connectivity index (χ2n) is 4.00. The lowest BCUT2D eigenvalue weighted by molar-refractivity contribution is 0.883. The van der Waals surface area contributed by atoms with E-state index in [0.717, 1.165) is 23.7 Å². The van der Waals surface area contributed by atoms with Crippen LogP contribution in [0, 0.1) is 5.92 Å². The number of H-pyrrole nitrogens is 1. The number of rotatable bonds is 4. The number of aromatic nitrogens is 4. The highest BCUT2D eigenvalue weighted by Crippen LogP contribution is 2.29. The normalized spacial score (nSPS) is 15.3. The fraction of sp³-hybridized carbons (Fsp3) is 0.444. The lowest BCUT2D eigenvalue weighted by Gasteiger charge is -2.06. The van der Waals surface area contributed by atoms with Crippen LogP contribution in [0.5, 0.6) is 0 Å². The van der Waals surface area contributed by atoms with Gasteiger partial charge in [-0.3, -0.25) is 10.5 Å². The number of nitrogens with zero attached hydrogens (tertiary/aromatic N) is 3. The van der Waals surface area contributed by atoms with Crippen molar-refractivity contribution in [2.75, 3.05) is 17.3 Å². The molecule has 0 aliphatic heterocycles. The molecule has 0 radical (unpaired) electrons. The van der Waals surface area contributed by atoms with Crippen LogP contribution in [0.1, 0.15) is 12.8 Å². The minimum atomic E-state index is 0.384. The molecule has 0 atom stereocenters. The second-order valence-corrected chi connectivity index (χ2v) is 4.00. The van der Waals surface area contributed by atoms with Crippen molar-refractivity contribution in [3.8, 4) is 0 Å². The molecule has 2 aromatic heterocycles. The molecule has 0 bridgehead atoms. The Bertz CT molecular complexity index is 502. The third kappa shape index (κ3) is 1.65. The number of nitrogens with two attached hydrogens (primary N) is 1. The molecule has 0 saturated heterocycles. The molecule has 1 fully saturated rings. The number of hydrogen-bond donors (Lipinski definition) is 4. The van der Waals surface area contributed by atoms with Crippen molar-refractivity contribution in [3.63, 3.8) is 0 Å². The zero-order chi connectivity index (χ0) is 11.0. The standard InChI is InChI=1S/C9H13N7/c10-15-9-13-7(11-3-5-1-2-5)6-4-12-16-8(6)14-9/h4-5H,1-3,10H2,(H3,11,12,13,14,15,16). The summed E-state index contributed by atoms with van der Waals surface area (Å²) in [4.78, 5) is 8.42. The first kappa shape index (κ1) is 9.34. The van der Waals surface area contributed by atoms with Gasteiger partial charge in [-0.15, -0.1) is 0 Å². The maximum atomic E-state index is 5.31. The molecule has 16 heavy (non-hydrogen) atoms. The Morgan fingerprint density at radius 1 is 1.44 bits per heavy atom. The van der Waals surface area contributed by atoms with Gasteiger partial charge in [0, 0.05) is 6.54 Å². The predicted octanol–water partition coefficient (Wildman–Crippen LogP) is 0.460. The molecule has 5 N–H and O–H groups in total. The fourth-order valence-corrected chi connectivity index (χ4v) is 1.60. The molecular formula is C9H13N7. The Labute approximate surface area is 91.8 Å². The van der Waals surface area contributed by atoms with E-state index >= 15 is 0 Å². The SMILES string of the molecule is NNc1nc(NCC2CC2)c2cn[nH]c2n1. The summed E-state index contributed by atoms with van der Waals surface area (Å²) < 4.78 is 0. The smallest absolute Gasteiger partial charge is 0.241 e. The van der Waals surface area contributed by atoms with Crippen molar-refractivity contribution in [2.45, 2.75) is 12.8 Å². The summed E-state index contributed by atoms with van der Waals surface area (Å²) in [7, 11) is 0. The topological polar surface area (TPSA) is 105 Å². The van der Waals surface area contributed by atoms with Crippen LogP contribution in [0.25, 0.3) is 11.0 Å². The zero-order valence-corrected chi connectivity index (χ0v) is 8.70. The van der Waals surface area contributed by atoms with Gasteiger partial charge >= 0.3 is 0 Å². The van der Waals surface area contributed by atoms with Crippen LogP contribution < -0.4 is 16.6 Å². The first-order valence-electron chi connectivity index (χ1n) is 5.28. The summed E-state index contributed by atoms with van der Waals surface area (Å²) in [5.74, 6) is 7.25. The van der Waals surface area contributed by atoms with Crippen LogP contribution in [0.2, 0.25) is 0 Å². The number of hydrogen-bond acceptors (Lipinski definition) is 6. The monoisotopic (exact) mass is 219 g/mol. The largest absolute Gasteiger partial charge is 0.369 e. The Kier molecular flexibility index (Phi) is 2.10. The van der Waals surface area contributed by atoms with Crippen LogP contribution >= 0.6 is 0 Å². The van der Waals surface area contributed by atoms with E-state index in [1.165, 1.54) is 12.8 Å². The number of nitrogens with one attached hydrogen (secondary N) is 3. The van der Waals surface area contributed by atoms with E-state index in [9.17, 15) is 0 Å². The molecule has 0 spiro atoms. The maximum Gasteiger partial charge on any atom is 0.241 e. The van der Waals surface area contributed by atoms with Crippen molar-refractivity contribution in [1.82, 2.24) is 20.2 Å². The van der Waals surface area contributed by atoms with E-state index in [1.807, 2.05) is 0 Å². The van der Waals surface area contributed by atoms with E-state index in [1.54, 1.807) is 6.20 Å². The van der Waals surface area contributed by atoms with E-state index in [2.05, 4.69) is 30.9 Å². The van der Waals surface area contributed by atoms with Crippen LogP contribution in [-0.4, -0.2) is 26.7 Å². The highest BCUT2D eigenvalue weighted by molar-refractivity contribution is 5.86. The molecule has 3 rings (SSSR count). The van der Waals surface area contributed by atoms with Crippen LogP contribution in [0.3, 0.4) is 0 Å². The fourth-order valence-electron chi connectivity index (χ4n) is 1.60. The van der Waals surface area contributed by atoms with Gasteiger partial charge in [0.2, 0.25) is 5.95 Å². The van der Waals surface area contributed by atoms with E-state index < -0.39 is 0 Å². The number of fused-ring (bicyclic) bond motifs is 1. The Hall–Kier alpha value is -1.89. The molecule has 7 heteroatoms. The second kappa shape index (κ2) is 3.60. The van der Waals surface area contributed by atoms with Crippen LogP contribution in [0.4, 0.5) is 11.8 Å². The number of hydrazine groups is 1. The van der Waals surface area contributed by atoms with E-state index in [0.29, 0.717) is 11.6 Å². The van der Waals surface area contributed by atoms with Crippen molar-refractivity contribution in [2.24, 2.45) is 11.8 Å². The molecule has 2 aromatic rings. The van der Waals surface area contributed by atoms with Crippen molar-refractivity contribution >= 4 is 22.8 Å². The maximum absolute atomic E-state index is 5.31. The third-order valence-corrected chi connectivity index (χ3v) is 2.69. The molecule has 1 aliphatic rings. The zero-order valence-electron chi connectivity index (χ0n) is 8.70. The highest BCUT2D eigenvalue weighted by atomic mass is 15.3. The molecule has 1 aliphatic carbocycles. The average Bonchev–Trinajstić information content (AvgIpc) is 3.02. The van der Waals surface area contributed by atoms with Crippen molar-refractivity contribution < 1.29 is 0 Å².